The van der Waals surface area contributed by atoms with Gasteiger partial charge < -0.3 is 181 Å². The molecule has 5 aliphatic heterocycles. The molecular weight excluding hydrogens is 1710 g/mol. The van der Waals surface area contributed by atoms with Crippen molar-refractivity contribution in [1.82, 2.24) is 21.3 Å². The van der Waals surface area contributed by atoms with Gasteiger partial charge in [0.15, 0.2) is 12.6 Å². The molecule has 0 spiro atoms. The molecule has 752 valence electrons. The minimum absolute atomic E-state index is 0.0188. The lowest BCUT2D eigenvalue weighted by Gasteiger charge is -2.52. The van der Waals surface area contributed by atoms with Crippen molar-refractivity contribution in [1.29, 1.82) is 0 Å². The van der Waals surface area contributed by atoms with E-state index in [0.717, 1.165) is 90.9 Å². The molecule has 0 aliphatic carbocycles. The fraction of sp³-hybridized carbons (Fsp3) is 0.919. The maximum absolute atomic E-state index is 14.3. The molecule has 5 fully saturated rings. The van der Waals surface area contributed by atoms with Crippen LogP contribution in [0.5, 0.6) is 0 Å². The highest BCUT2D eigenvalue weighted by Crippen LogP contribution is 2.43. The van der Waals surface area contributed by atoms with E-state index in [1.807, 2.05) is 0 Å². The summed E-state index contributed by atoms with van der Waals surface area (Å²) in [5, 5.41) is 253. The number of rotatable bonds is 64. The number of hydrogen-bond acceptors (Lipinski definition) is 36. The Hall–Kier alpha value is -4.87. The van der Waals surface area contributed by atoms with Crippen LogP contribution in [0.1, 0.15) is 260 Å². The first-order valence-corrected chi connectivity index (χ1v) is 46.3. The number of nitrogens with one attached hydrogen (secondary N) is 4. The average Bonchev–Trinajstić information content (AvgIpc) is 0.746. The molecule has 5 rings (SSSR count). The van der Waals surface area contributed by atoms with E-state index in [0.29, 0.717) is 31.6 Å². The quantitative estimate of drug-likeness (QED) is 0.0280. The second-order valence-electron chi connectivity index (χ2n) is 35.6. The molecule has 0 aromatic rings. The zero-order valence-electron chi connectivity index (χ0n) is 75.4. The van der Waals surface area contributed by atoms with Gasteiger partial charge in [0.2, 0.25) is 23.6 Å². The Balaban J connectivity index is 1.38. The molecule has 33 atom stereocenters. The summed E-state index contributed by atoms with van der Waals surface area (Å²) in [6.45, 7) is 1.85. The second kappa shape index (κ2) is 57.9. The van der Waals surface area contributed by atoms with E-state index in [-0.39, 0.29) is 12.8 Å². The Morgan fingerprint density at radius 2 is 0.845 bits per heavy atom. The Bertz CT molecular complexity index is 3240. The second-order valence-corrected chi connectivity index (χ2v) is 35.6. The fourth-order valence-electron chi connectivity index (χ4n) is 16.9. The third kappa shape index (κ3) is 35.0. The Morgan fingerprint density at radius 3 is 1.29 bits per heavy atom. The van der Waals surface area contributed by atoms with Crippen LogP contribution in [-0.4, -0.2) is 388 Å². The summed E-state index contributed by atoms with van der Waals surface area (Å²) in [6.07, 6.45) is -26.6. The van der Waals surface area contributed by atoms with Crippen molar-refractivity contribution in [3.63, 3.8) is 0 Å². The zero-order chi connectivity index (χ0) is 96.0. The molecule has 129 heavy (non-hydrogen) atoms. The Kier molecular flexibility index (Phi) is 51.4. The van der Waals surface area contributed by atoms with Gasteiger partial charge in [0, 0.05) is 33.1 Å². The van der Waals surface area contributed by atoms with Crippen LogP contribution in [0.15, 0.2) is 0 Å². The maximum Gasteiger partial charge on any atom is 0.364 e. The summed E-state index contributed by atoms with van der Waals surface area (Å²) in [4.78, 5) is 95.5. The molecule has 0 bridgehead atoms. The van der Waals surface area contributed by atoms with Crippen molar-refractivity contribution in [2.75, 3.05) is 39.6 Å². The minimum Gasteiger partial charge on any atom is -0.477 e. The van der Waals surface area contributed by atoms with E-state index in [4.69, 9.17) is 47.4 Å². The van der Waals surface area contributed by atoms with Crippen LogP contribution in [0, 0.1) is 5.92 Å². The average molecular weight is 1870 g/mol. The molecule has 43 nitrogen and oxygen atoms in total. The largest absolute Gasteiger partial charge is 0.477 e. The van der Waals surface area contributed by atoms with Crippen LogP contribution in [0.3, 0.4) is 0 Å². The van der Waals surface area contributed by atoms with Gasteiger partial charge in [-0.15, -0.1) is 0 Å². The molecule has 0 saturated carbocycles. The molecule has 0 aromatic carbocycles. The summed E-state index contributed by atoms with van der Waals surface area (Å²) in [5.74, 6) is -21.0. The monoisotopic (exact) mass is 1870 g/mol. The van der Waals surface area contributed by atoms with E-state index >= 15 is 0 Å². The zero-order valence-corrected chi connectivity index (χ0v) is 75.4. The third-order valence-electron chi connectivity index (χ3n) is 25.1. The summed E-state index contributed by atoms with van der Waals surface area (Å²) in [5.41, 5.74) is 0. The highest BCUT2D eigenvalue weighted by molar-refractivity contribution is 5.82. The number of aliphatic hydroxyl groups excluding tert-OH is 19. The molecule has 0 unspecified atom stereocenters. The van der Waals surface area contributed by atoms with Gasteiger partial charge in [-0.05, 0) is 25.7 Å². The van der Waals surface area contributed by atoms with Crippen molar-refractivity contribution in [2.45, 2.75) is 454 Å². The van der Waals surface area contributed by atoms with Gasteiger partial charge in [-0.25, -0.2) is 14.4 Å². The smallest absolute Gasteiger partial charge is 0.364 e. The maximum atomic E-state index is 14.3. The van der Waals surface area contributed by atoms with Gasteiger partial charge in [-0.1, -0.05) is 207 Å². The number of ether oxygens (including phenoxy) is 10. The highest BCUT2D eigenvalue weighted by atomic mass is 16.8. The van der Waals surface area contributed by atoms with Crippen molar-refractivity contribution >= 4 is 41.5 Å². The number of aliphatic hydroxyl groups is 19. The molecule has 4 amide bonds. The van der Waals surface area contributed by atoms with Crippen LogP contribution < -0.4 is 21.3 Å². The topological polar surface area (TPSA) is 705 Å². The standard InChI is InChI=1S/C86H154N4O39/c1-7-9-10-11-12-13-14-15-16-17-18-19-20-21-22-23-24-27-31-34-37-53(97)78(113)89-51(66(104)52(96)36-33-30-28-25-26-29-32-35-47(3)8-2)44-120-79-73(111)72(110)70(108)60(125-79)45-121-85(82(116)117)40-59(64(88-50(6)95)77(128-85)69(107)57(101)43-93)126-86(83(118)119)38-54(98)62(75(129-86)67(105)55(99)41-91)90-61(102)46-122-84(81(114)115)39-58(124-80-74(112)71(109)65(103)48(4)123-80)63(87-49(5)94)76(127-84)68(106)56(100)42-92/h47-48,51-60,62-77,79-80,91-93,96-101,103-112H,7-46H2,1-6H3,(H,87,94)(H,88,95)(H,89,113)(H,90,102)(H,114,115)(H,116,117)(H,118,119)/t47-,48+,51+,52-,53-,54+,55+,56+,57+,58+,59+,60-,62-,63-,64-,65-,66+,67+,68+,69+,70-,71-,72+,73-,74+,75-,76-,77-,79-,80+,84-,85-,86-/m1/s1. The van der Waals surface area contributed by atoms with Crippen LogP contribution in [-0.2, 0) is 80.9 Å². The van der Waals surface area contributed by atoms with Gasteiger partial charge in [-0.2, -0.15) is 0 Å². The lowest BCUT2D eigenvalue weighted by Crippen LogP contribution is -2.72. The van der Waals surface area contributed by atoms with Gasteiger partial charge in [0.1, 0.15) is 116 Å². The van der Waals surface area contributed by atoms with Gasteiger partial charge in [0.25, 0.3) is 17.4 Å². The number of unbranched alkanes of at least 4 members (excludes halogenated alkanes) is 25. The first-order chi connectivity index (χ1) is 61.1. The minimum atomic E-state index is -3.60. The number of carbonyl (C=O) groups excluding carboxylic acids is 4. The molecule has 26 N–H and O–H groups in total. The van der Waals surface area contributed by atoms with Crippen LogP contribution in [0.2, 0.25) is 0 Å². The number of carbonyl (C=O) groups is 7. The molecule has 5 heterocycles. The first-order valence-electron chi connectivity index (χ1n) is 46.3. The number of amides is 4. The Morgan fingerprint density at radius 1 is 0.442 bits per heavy atom. The molecule has 5 aliphatic rings. The lowest BCUT2D eigenvalue weighted by atomic mass is 9.86. The number of aliphatic carboxylic acids is 3. The molecule has 0 radical (unpaired) electrons. The number of hydrogen-bond donors (Lipinski definition) is 26. The van der Waals surface area contributed by atoms with E-state index in [1.165, 1.54) is 90.4 Å². The third-order valence-corrected chi connectivity index (χ3v) is 25.1. The van der Waals surface area contributed by atoms with Crippen LogP contribution in [0.4, 0.5) is 0 Å². The van der Waals surface area contributed by atoms with Gasteiger partial charge in [-0.3, -0.25) is 19.2 Å². The van der Waals surface area contributed by atoms with Crippen molar-refractivity contribution in [2.24, 2.45) is 5.92 Å². The molecular formula is C86H154N4O39. The normalized spacial score (nSPS) is 32.3. The number of carboxylic acids is 3. The van der Waals surface area contributed by atoms with Crippen LogP contribution in [0.25, 0.3) is 0 Å². The number of carboxylic acid groups (broad SMARTS) is 3. The first kappa shape index (κ1) is 115. The van der Waals surface area contributed by atoms with Crippen LogP contribution >= 0.6 is 0 Å². The fourth-order valence-corrected chi connectivity index (χ4v) is 16.9. The van der Waals surface area contributed by atoms with Gasteiger partial charge >= 0.3 is 17.9 Å². The van der Waals surface area contributed by atoms with E-state index < -0.39 is 295 Å². The predicted molar refractivity (Wildman–Crippen MR) is 450 cm³/mol. The SMILES string of the molecule is CCCCCCCCCCCCCCCCCCCCCC[C@@H](O)C(=O)N[C@@H](CO[C@@H]1O[C@H](CO[C@]2(C(=O)O)C[C@H](O[C@]3(C(=O)O)C[C@H](O)[C@@H](NC(=O)CO[C@]4(C(=O)O)C[C@H](O[C@@H]5O[C@@H](C)[C@@H](O)[C@@H](O)[C@@H]5O)[C@@H](NC(C)=O)[C@H]([C@@H](O)[C@@H](O)CO)O4)[C@H]([C@@H](O)[C@@H](O)CO)O3)[C@@H](NC(C)=O)[C@H]([C@@H](O)[C@@H](O)CO)O2)[C@@H](O)[C@H](O)[C@H]1O)[C@H](O)[C@H](O)CCCCCCCCC[C@H](C)CC. The van der Waals surface area contributed by atoms with Gasteiger partial charge in [0.05, 0.1) is 87.7 Å². The Labute approximate surface area is 753 Å². The predicted octanol–water partition coefficient (Wildman–Crippen LogP) is -2.52. The summed E-state index contributed by atoms with van der Waals surface area (Å²) in [6, 6.07) is -7.84. The lowest BCUT2D eigenvalue weighted by molar-refractivity contribution is -0.365. The van der Waals surface area contributed by atoms with E-state index in [9.17, 15) is 146 Å². The van der Waals surface area contributed by atoms with Crippen molar-refractivity contribution in [3.8, 4) is 0 Å². The van der Waals surface area contributed by atoms with Crippen molar-refractivity contribution < 1.29 is 193 Å². The van der Waals surface area contributed by atoms with E-state index in [2.05, 4.69) is 42.0 Å². The molecule has 43 heteroatoms. The summed E-state index contributed by atoms with van der Waals surface area (Å²) >= 11 is 0. The summed E-state index contributed by atoms with van der Waals surface area (Å²) in [7, 11) is 0. The van der Waals surface area contributed by atoms with Crippen molar-refractivity contribution in [3.05, 3.63) is 0 Å². The summed E-state index contributed by atoms with van der Waals surface area (Å²) < 4.78 is 58.4. The molecule has 0 aromatic heterocycles. The van der Waals surface area contributed by atoms with E-state index in [1.54, 1.807) is 0 Å². The molecule has 5 saturated heterocycles. The highest BCUT2D eigenvalue weighted by Gasteiger charge is 2.64.